The van der Waals surface area contributed by atoms with Gasteiger partial charge in [-0.15, -0.1) is 0 Å². The number of imidazole rings is 1. The highest BCUT2D eigenvalue weighted by atomic mass is 16.3. The van der Waals surface area contributed by atoms with Crippen LogP contribution in [0.1, 0.15) is 32.5 Å². The van der Waals surface area contributed by atoms with Gasteiger partial charge in [0.2, 0.25) is 0 Å². The Balaban J connectivity index is 2.09. The number of carbonyl (C=O) groups excluding carboxylic acids is 1. The fourth-order valence-corrected chi connectivity index (χ4v) is 1.81. The van der Waals surface area contributed by atoms with Gasteiger partial charge in [-0.3, -0.25) is 0 Å². The lowest BCUT2D eigenvalue weighted by atomic mass is 10.1. The van der Waals surface area contributed by atoms with Crippen molar-refractivity contribution >= 4 is 6.03 Å². The molecule has 6 nitrogen and oxygen atoms in total. The average Bonchev–Trinajstić information content (AvgIpc) is 2.83. The lowest BCUT2D eigenvalue weighted by Crippen LogP contribution is -2.44. The fourth-order valence-electron chi connectivity index (χ4n) is 1.81. The minimum atomic E-state index is -0.170. The van der Waals surface area contributed by atoms with E-state index in [0.717, 1.165) is 25.2 Å². The normalized spacial score (nSPS) is 13.8. The van der Waals surface area contributed by atoms with Gasteiger partial charge in [0, 0.05) is 38.1 Å². The first-order valence-electron chi connectivity index (χ1n) is 7.17. The average molecular weight is 282 g/mol. The largest absolute Gasteiger partial charge is 0.396 e. The van der Waals surface area contributed by atoms with Crippen molar-refractivity contribution in [1.82, 2.24) is 20.2 Å². The van der Waals surface area contributed by atoms with Crippen molar-refractivity contribution in [2.24, 2.45) is 5.92 Å². The number of unbranched alkanes of at least 4 members (excludes halogenated alkanes) is 1. The van der Waals surface area contributed by atoms with Crippen molar-refractivity contribution in [2.45, 2.75) is 46.2 Å². The summed E-state index contributed by atoms with van der Waals surface area (Å²) in [5, 5.41) is 14.6. The van der Waals surface area contributed by atoms with Crippen LogP contribution in [0.4, 0.5) is 4.79 Å². The van der Waals surface area contributed by atoms with Gasteiger partial charge in [0.05, 0.1) is 0 Å². The van der Waals surface area contributed by atoms with E-state index in [1.165, 1.54) is 0 Å². The van der Waals surface area contributed by atoms with E-state index in [9.17, 15) is 4.79 Å². The van der Waals surface area contributed by atoms with E-state index in [1.807, 2.05) is 27.0 Å². The summed E-state index contributed by atoms with van der Waals surface area (Å²) >= 11 is 0. The van der Waals surface area contributed by atoms with Crippen LogP contribution in [0.25, 0.3) is 0 Å². The second-order valence-electron chi connectivity index (χ2n) is 5.22. The molecule has 2 atom stereocenters. The third kappa shape index (κ3) is 5.61. The number of carbonyl (C=O) groups is 1. The molecule has 20 heavy (non-hydrogen) atoms. The molecular formula is C14H26N4O2. The molecule has 0 fully saturated rings. The molecule has 0 radical (unpaired) electrons. The van der Waals surface area contributed by atoms with Gasteiger partial charge in [-0.1, -0.05) is 6.92 Å². The Bertz CT molecular complexity index is 406. The highest BCUT2D eigenvalue weighted by molar-refractivity contribution is 5.74. The molecular weight excluding hydrogens is 256 g/mol. The van der Waals surface area contributed by atoms with Crippen molar-refractivity contribution in [2.75, 3.05) is 13.2 Å². The molecule has 0 aliphatic carbocycles. The van der Waals surface area contributed by atoms with Gasteiger partial charge in [0.15, 0.2) is 0 Å². The highest BCUT2D eigenvalue weighted by Gasteiger charge is 2.13. The maximum absolute atomic E-state index is 11.6. The van der Waals surface area contributed by atoms with E-state index in [-0.39, 0.29) is 24.6 Å². The zero-order chi connectivity index (χ0) is 15.0. The Morgan fingerprint density at radius 3 is 2.80 bits per heavy atom. The van der Waals surface area contributed by atoms with Crippen LogP contribution in [0.2, 0.25) is 0 Å². The predicted octanol–water partition coefficient (Wildman–Crippen LogP) is 1.29. The molecule has 1 heterocycles. The van der Waals surface area contributed by atoms with Crippen LogP contribution in [0.3, 0.4) is 0 Å². The maximum atomic E-state index is 11.6. The van der Waals surface area contributed by atoms with Gasteiger partial charge in [-0.2, -0.15) is 0 Å². The van der Waals surface area contributed by atoms with E-state index in [0.29, 0.717) is 6.54 Å². The summed E-state index contributed by atoms with van der Waals surface area (Å²) in [5.41, 5.74) is 0. The fraction of sp³-hybridized carbons (Fsp3) is 0.714. The number of aromatic nitrogens is 2. The zero-order valence-corrected chi connectivity index (χ0v) is 12.6. The second kappa shape index (κ2) is 8.58. The van der Waals surface area contributed by atoms with E-state index in [2.05, 4.69) is 20.2 Å². The molecule has 3 N–H and O–H groups in total. The lowest BCUT2D eigenvalue weighted by Gasteiger charge is -2.19. The molecule has 1 rings (SSSR count). The molecule has 0 saturated carbocycles. The second-order valence-corrected chi connectivity index (χ2v) is 5.22. The number of amides is 2. The first-order chi connectivity index (χ1) is 9.54. The van der Waals surface area contributed by atoms with Crippen molar-refractivity contribution in [3.8, 4) is 0 Å². The topological polar surface area (TPSA) is 79.2 Å². The number of aliphatic hydroxyl groups excluding tert-OH is 1. The van der Waals surface area contributed by atoms with Crippen LogP contribution in [-0.4, -0.2) is 39.9 Å². The Morgan fingerprint density at radius 2 is 2.20 bits per heavy atom. The monoisotopic (exact) mass is 282 g/mol. The molecule has 1 aromatic heterocycles. The lowest BCUT2D eigenvalue weighted by molar-refractivity contribution is 0.200. The molecule has 114 valence electrons. The van der Waals surface area contributed by atoms with Gasteiger partial charge in [-0.05, 0) is 32.6 Å². The number of hydrogen-bond donors (Lipinski definition) is 3. The summed E-state index contributed by atoms with van der Waals surface area (Å²) in [7, 11) is 0. The Kier molecular flexibility index (Phi) is 7.08. The van der Waals surface area contributed by atoms with E-state index in [1.54, 1.807) is 6.20 Å². The van der Waals surface area contributed by atoms with E-state index in [4.69, 9.17) is 5.11 Å². The SMILES string of the molecule is Cc1nccn1CCCCNC(=O)NC(C)C(C)CO. The van der Waals surface area contributed by atoms with Crippen molar-refractivity contribution in [3.63, 3.8) is 0 Å². The summed E-state index contributed by atoms with van der Waals surface area (Å²) < 4.78 is 2.10. The van der Waals surface area contributed by atoms with Crippen molar-refractivity contribution in [1.29, 1.82) is 0 Å². The number of aliphatic hydroxyl groups is 1. The summed E-state index contributed by atoms with van der Waals surface area (Å²) in [6, 6.07) is -0.204. The summed E-state index contributed by atoms with van der Waals surface area (Å²) in [5.74, 6) is 1.08. The minimum Gasteiger partial charge on any atom is -0.396 e. The minimum absolute atomic E-state index is 0.0337. The molecule has 0 aromatic carbocycles. The molecule has 0 aliphatic rings. The number of nitrogens with zero attached hydrogens (tertiary/aromatic N) is 2. The molecule has 0 saturated heterocycles. The van der Waals surface area contributed by atoms with Crippen molar-refractivity contribution in [3.05, 3.63) is 18.2 Å². The van der Waals surface area contributed by atoms with Gasteiger partial charge < -0.3 is 20.3 Å². The van der Waals surface area contributed by atoms with E-state index < -0.39 is 0 Å². The van der Waals surface area contributed by atoms with Gasteiger partial charge in [0.1, 0.15) is 5.82 Å². The highest BCUT2D eigenvalue weighted by Crippen LogP contribution is 2.01. The number of aryl methyl sites for hydroxylation is 2. The third-order valence-electron chi connectivity index (χ3n) is 3.54. The predicted molar refractivity (Wildman–Crippen MR) is 78.4 cm³/mol. The molecule has 2 amide bonds. The summed E-state index contributed by atoms with van der Waals surface area (Å²) in [6.07, 6.45) is 5.69. The summed E-state index contributed by atoms with van der Waals surface area (Å²) in [6.45, 7) is 7.43. The number of nitrogens with one attached hydrogen (secondary N) is 2. The number of hydrogen-bond acceptors (Lipinski definition) is 3. The molecule has 6 heteroatoms. The molecule has 1 aromatic rings. The van der Waals surface area contributed by atoms with Crippen LogP contribution in [0.15, 0.2) is 12.4 Å². The van der Waals surface area contributed by atoms with Crippen LogP contribution in [-0.2, 0) is 6.54 Å². The van der Waals surface area contributed by atoms with Crippen LogP contribution in [0, 0.1) is 12.8 Å². The summed E-state index contributed by atoms with van der Waals surface area (Å²) in [4.78, 5) is 15.8. The van der Waals surface area contributed by atoms with Gasteiger partial charge >= 0.3 is 6.03 Å². The standard InChI is InChI=1S/C14H26N4O2/c1-11(10-19)12(2)17-14(20)16-6-4-5-8-18-9-7-15-13(18)3/h7,9,11-12,19H,4-6,8,10H2,1-3H3,(H2,16,17,20). The molecule has 0 aliphatic heterocycles. The van der Waals surface area contributed by atoms with Gasteiger partial charge in [0.25, 0.3) is 0 Å². The van der Waals surface area contributed by atoms with E-state index >= 15 is 0 Å². The Hall–Kier alpha value is -1.56. The molecule has 0 spiro atoms. The Labute approximate surface area is 120 Å². The van der Waals surface area contributed by atoms with Crippen LogP contribution in [0.5, 0.6) is 0 Å². The van der Waals surface area contributed by atoms with Crippen LogP contribution >= 0.6 is 0 Å². The Morgan fingerprint density at radius 1 is 1.45 bits per heavy atom. The quantitative estimate of drug-likeness (QED) is 0.629. The first kappa shape index (κ1) is 16.5. The van der Waals surface area contributed by atoms with Crippen molar-refractivity contribution < 1.29 is 9.90 Å². The molecule has 0 bridgehead atoms. The molecule has 2 unspecified atom stereocenters. The van der Waals surface area contributed by atoms with Crippen LogP contribution < -0.4 is 10.6 Å². The maximum Gasteiger partial charge on any atom is 0.315 e. The third-order valence-corrected chi connectivity index (χ3v) is 3.54. The number of rotatable bonds is 8. The zero-order valence-electron chi connectivity index (χ0n) is 12.6. The first-order valence-corrected chi connectivity index (χ1v) is 7.17. The smallest absolute Gasteiger partial charge is 0.315 e. The number of urea groups is 1. The van der Waals surface area contributed by atoms with Gasteiger partial charge in [-0.25, -0.2) is 9.78 Å².